The molecule has 1 aliphatic rings. The largest absolute Gasteiger partial charge is 0.444 e. The number of piperazine rings is 1. The average molecular weight is 538 g/mol. The highest BCUT2D eigenvalue weighted by Gasteiger charge is 2.46. The third-order valence-electron chi connectivity index (χ3n) is 7.04. The van der Waals surface area contributed by atoms with E-state index in [4.69, 9.17) is 9.72 Å². The molecular formula is C25H41BrN4O2Si. The number of aromatic nitrogens is 2. The molecule has 0 saturated carbocycles. The molecule has 1 amide bonds. The molecule has 184 valence electrons. The first-order valence-corrected chi connectivity index (χ1v) is 15.2. The van der Waals surface area contributed by atoms with Gasteiger partial charge in [0, 0.05) is 42.2 Å². The Kier molecular flexibility index (Phi) is 7.59. The van der Waals surface area contributed by atoms with Crippen LogP contribution in [0.2, 0.25) is 16.6 Å². The number of hydrogen-bond acceptors (Lipinski definition) is 4. The number of amides is 1. The number of halogens is 1. The maximum Gasteiger partial charge on any atom is 0.410 e. The van der Waals surface area contributed by atoms with Gasteiger partial charge in [0.05, 0.1) is 0 Å². The second-order valence-electron chi connectivity index (χ2n) is 11.2. The van der Waals surface area contributed by atoms with Crippen molar-refractivity contribution in [2.45, 2.75) is 84.5 Å². The fraction of sp³-hybridized carbons (Fsp3) is 0.680. The van der Waals surface area contributed by atoms with Crippen molar-refractivity contribution in [1.82, 2.24) is 14.1 Å². The number of nitrogens with zero attached hydrogens (tertiary/aromatic N) is 4. The van der Waals surface area contributed by atoms with Crippen LogP contribution in [0.25, 0.3) is 11.0 Å². The average Bonchev–Trinajstić information content (AvgIpc) is 3.02. The number of rotatable bonds is 5. The summed E-state index contributed by atoms with van der Waals surface area (Å²) in [5, 5.41) is 1.17. The van der Waals surface area contributed by atoms with Crippen LogP contribution in [-0.4, -0.2) is 60.2 Å². The molecule has 3 heterocycles. The van der Waals surface area contributed by atoms with Crippen molar-refractivity contribution in [2.24, 2.45) is 0 Å². The predicted molar refractivity (Wildman–Crippen MR) is 144 cm³/mol. The molecule has 0 radical (unpaired) electrons. The monoisotopic (exact) mass is 536 g/mol. The molecule has 0 bridgehead atoms. The topological polar surface area (TPSA) is 50.6 Å². The molecule has 0 N–H and O–H groups in total. The molecule has 8 heteroatoms. The Morgan fingerprint density at radius 1 is 1.00 bits per heavy atom. The van der Waals surface area contributed by atoms with E-state index in [0.29, 0.717) is 29.7 Å². The number of hydrogen-bond donors (Lipinski definition) is 0. The summed E-state index contributed by atoms with van der Waals surface area (Å²) in [4.78, 5) is 21.8. The van der Waals surface area contributed by atoms with Crippen LogP contribution in [0.4, 0.5) is 10.6 Å². The molecule has 1 aliphatic heterocycles. The fourth-order valence-electron chi connectivity index (χ4n) is 5.80. The third kappa shape index (κ3) is 4.97. The Bertz CT molecular complexity index is 966. The Morgan fingerprint density at radius 2 is 1.55 bits per heavy atom. The Hall–Kier alpha value is -1.54. The molecule has 0 unspecified atom stereocenters. The Morgan fingerprint density at radius 3 is 2.03 bits per heavy atom. The van der Waals surface area contributed by atoms with Gasteiger partial charge in [-0.15, -0.1) is 0 Å². The van der Waals surface area contributed by atoms with Gasteiger partial charge in [-0.3, -0.25) is 0 Å². The van der Waals surface area contributed by atoms with Gasteiger partial charge in [0.2, 0.25) is 0 Å². The van der Waals surface area contributed by atoms with Crippen molar-refractivity contribution < 1.29 is 9.53 Å². The van der Waals surface area contributed by atoms with Crippen LogP contribution in [0, 0.1) is 0 Å². The summed E-state index contributed by atoms with van der Waals surface area (Å²) in [6.07, 6.45) is 2.05. The van der Waals surface area contributed by atoms with E-state index in [1.165, 1.54) is 5.39 Å². The van der Waals surface area contributed by atoms with Gasteiger partial charge in [-0.1, -0.05) is 41.5 Å². The van der Waals surface area contributed by atoms with Crippen LogP contribution in [0.15, 0.2) is 22.8 Å². The summed E-state index contributed by atoms with van der Waals surface area (Å²) in [5.41, 5.74) is 2.37. The normalized spacial score (nSPS) is 15.9. The van der Waals surface area contributed by atoms with Crippen LogP contribution in [0.3, 0.4) is 0 Å². The summed E-state index contributed by atoms with van der Waals surface area (Å²) in [6, 6.07) is 4.31. The minimum absolute atomic E-state index is 0.232. The van der Waals surface area contributed by atoms with E-state index in [-0.39, 0.29) is 6.09 Å². The smallest absolute Gasteiger partial charge is 0.410 e. The second-order valence-corrected chi connectivity index (χ2v) is 17.8. The third-order valence-corrected chi connectivity index (χ3v) is 14.4. The van der Waals surface area contributed by atoms with E-state index < -0.39 is 13.8 Å². The number of anilines is 1. The summed E-state index contributed by atoms with van der Waals surface area (Å²) < 4.78 is 9.23. The van der Waals surface area contributed by atoms with E-state index in [1.54, 1.807) is 4.90 Å². The lowest BCUT2D eigenvalue weighted by Crippen LogP contribution is -2.52. The molecule has 0 aromatic carbocycles. The van der Waals surface area contributed by atoms with Crippen molar-refractivity contribution in [2.75, 3.05) is 31.1 Å². The van der Waals surface area contributed by atoms with Gasteiger partial charge in [-0.2, -0.15) is 0 Å². The van der Waals surface area contributed by atoms with Gasteiger partial charge < -0.3 is 18.8 Å². The van der Waals surface area contributed by atoms with Crippen molar-refractivity contribution >= 4 is 47.1 Å². The number of carbonyl (C=O) groups is 1. The zero-order chi connectivity index (χ0) is 24.7. The summed E-state index contributed by atoms with van der Waals surface area (Å²) in [7, 11) is -1.93. The van der Waals surface area contributed by atoms with E-state index in [9.17, 15) is 4.79 Å². The lowest BCUT2D eigenvalue weighted by atomic mass is 10.2. The molecule has 2 aromatic rings. The summed E-state index contributed by atoms with van der Waals surface area (Å²) in [5.74, 6) is 0.984. The van der Waals surface area contributed by atoms with Gasteiger partial charge in [0.15, 0.2) is 8.24 Å². The van der Waals surface area contributed by atoms with Crippen molar-refractivity contribution in [3.8, 4) is 0 Å². The molecule has 0 aliphatic carbocycles. The molecule has 3 rings (SSSR count). The van der Waals surface area contributed by atoms with E-state index in [1.807, 2.05) is 20.8 Å². The zero-order valence-electron chi connectivity index (χ0n) is 21.8. The molecule has 1 fully saturated rings. The van der Waals surface area contributed by atoms with Crippen molar-refractivity contribution in [1.29, 1.82) is 0 Å². The fourth-order valence-corrected chi connectivity index (χ4v) is 13.1. The van der Waals surface area contributed by atoms with Gasteiger partial charge in [0.25, 0.3) is 0 Å². The maximum atomic E-state index is 12.4. The molecule has 33 heavy (non-hydrogen) atoms. The van der Waals surface area contributed by atoms with Crippen LogP contribution >= 0.6 is 15.9 Å². The highest BCUT2D eigenvalue weighted by atomic mass is 79.9. The number of carbonyl (C=O) groups excluding carboxylic acids is 1. The van der Waals surface area contributed by atoms with Crippen LogP contribution in [0.1, 0.15) is 62.3 Å². The molecule has 0 spiro atoms. The van der Waals surface area contributed by atoms with Crippen LogP contribution < -0.4 is 4.90 Å². The number of pyridine rings is 1. The summed E-state index contributed by atoms with van der Waals surface area (Å²) >= 11 is 3.82. The van der Waals surface area contributed by atoms with Gasteiger partial charge in [-0.25, -0.2) is 9.78 Å². The standard InChI is InChI=1S/C25H41BrN4O2Si/c1-17(2)33(18(3)4,19(5)6)30-16-21(26)20-10-11-22(27-23(20)30)28-12-14-29(15-13-28)24(31)32-25(7,8)9/h10-11,16-19H,12-15H2,1-9H3. The second kappa shape index (κ2) is 9.60. The van der Waals surface area contributed by atoms with Gasteiger partial charge in [-0.05, 0) is 65.5 Å². The van der Waals surface area contributed by atoms with Gasteiger partial charge in [0.1, 0.15) is 17.1 Å². The highest BCUT2D eigenvalue weighted by molar-refractivity contribution is 9.10. The first-order valence-electron chi connectivity index (χ1n) is 12.2. The minimum atomic E-state index is -1.93. The first-order chi connectivity index (χ1) is 15.3. The van der Waals surface area contributed by atoms with Crippen LogP contribution in [-0.2, 0) is 4.74 Å². The first kappa shape index (κ1) is 26.1. The molecule has 2 aromatic heterocycles. The lowest BCUT2D eigenvalue weighted by molar-refractivity contribution is 0.0240. The molecular weight excluding hydrogens is 496 g/mol. The van der Waals surface area contributed by atoms with Crippen LogP contribution in [0.5, 0.6) is 0 Å². The lowest BCUT2D eigenvalue weighted by Gasteiger charge is -2.44. The van der Waals surface area contributed by atoms with E-state index in [0.717, 1.165) is 29.0 Å². The Balaban J connectivity index is 1.93. The number of ether oxygens (including phenoxy) is 1. The predicted octanol–water partition coefficient (Wildman–Crippen LogP) is 6.88. The van der Waals surface area contributed by atoms with E-state index >= 15 is 0 Å². The van der Waals surface area contributed by atoms with Crippen molar-refractivity contribution in [3.63, 3.8) is 0 Å². The summed E-state index contributed by atoms with van der Waals surface area (Å²) in [6.45, 7) is 22.8. The number of fused-ring (bicyclic) bond motifs is 1. The minimum Gasteiger partial charge on any atom is -0.444 e. The SMILES string of the molecule is CC(C)[Si](C(C)C)(C(C)C)n1cc(Br)c2ccc(N3CCN(C(=O)OC(C)(C)C)CC3)nc21. The zero-order valence-corrected chi connectivity index (χ0v) is 24.4. The quantitative estimate of drug-likeness (QED) is 0.390. The Labute approximate surface area is 208 Å². The molecule has 6 nitrogen and oxygen atoms in total. The maximum absolute atomic E-state index is 12.4. The highest BCUT2D eigenvalue weighted by Crippen LogP contribution is 2.45. The molecule has 1 saturated heterocycles. The van der Waals surface area contributed by atoms with Gasteiger partial charge >= 0.3 is 6.09 Å². The molecule has 0 atom stereocenters. The van der Waals surface area contributed by atoms with Crippen molar-refractivity contribution in [3.05, 3.63) is 22.8 Å². The van der Waals surface area contributed by atoms with E-state index in [2.05, 4.69) is 84.9 Å².